The lowest BCUT2D eigenvalue weighted by atomic mass is 10.2. The molecule has 0 bridgehead atoms. The molecule has 0 aromatic heterocycles. The molecule has 1 rings (SSSR count). The number of rotatable bonds is 6. The Bertz CT molecular complexity index is 333. The summed E-state index contributed by atoms with van der Waals surface area (Å²) in [5, 5.41) is 4.12. The Labute approximate surface area is 110 Å². The van der Waals surface area contributed by atoms with Gasteiger partial charge < -0.3 is 10.1 Å². The summed E-state index contributed by atoms with van der Waals surface area (Å²) >= 11 is 9.51. The summed E-state index contributed by atoms with van der Waals surface area (Å²) in [5.74, 6) is 0. The van der Waals surface area contributed by atoms with Gasteiger partial charge in [0.05, 0.1) is 6.10 Å². The third kappa shape index (κ3) is 4.83. The van der Waals surface area contributed by atoms with Crippen molar-refractivity contribution in [1.29, 1.82) is 0 Å². The molecule has 1 aromatic carbocycles. The van der Waals surface area contributed by atoms with Crippen LogP contribution < -0.4 is 5.32 Å². The molecule has 0 aliphatic rings. The summed E-state index contributed by atoms with van der Waals surface area (Å²) in [6.07, 6.45) is 0.232. The van der Waals surface area contributed by atoms with E-state index < -0.39 is 0 Å². The number of benzene rings is 1. The van der Waals surface area contributed by atoms with Gasteiger partial charge >= 0.3 is 0 Å². The summed E-state index contributed by atoms with van der Waals surface area (Å²) in [4.78, 5) is 0. The molecule has 0 saturated heterocycles. The highest BCUT2D eigenvalue weighted by Crippen LogP contribution is 2.20. The first-order valence-corrected chi connectivity index (χ1v) is 6.56. The third-order valence-electron chi connectivity index (χ3n) is 2.21. The Hall–Kier alpha value is -0.0900. The first kappa shape index (κ1) is 14.0. The number of nitrogens with one attached hydrogen (secondary N) is 1. The van der Waals surface area contributed by atoms with Crippen LogP contribution in [0.25, 0.3) is 0 Å². The van der Waals surface area contributed by atoms with Crippen molar-refractivity contribution in [3.8, 4) is 0 Å². The first-order valence-electron chi connectivity index (χ1n) is 5.39. The topological polar surface area (TPSA) is 21.3 Å². The van der Waals surface area contributed by atoms with Gasteiger partial charge in [0, 0.05) is 29.2 Å². The summed E-state index contributed by atoms with van der Waals surface area (Å²) in [6.45, 7) is 6.40. The Morgan fingerprint density at radius 3 is 2.94 bits per heavy atom. The lowest BCUT2D eigenvalue weighted by Crippen LogP contribution is -2.26. The maximum Gasteiger partial charge on any atom is 0.0671 e. The smallest absolute Gasteiger partial charge is 0.0671 e. The van der Waals surface area contributed by atoms with Crippen LogP contribution in [0.2, 0.25) is 5.02 Å². The van der Waals surface area contributed by atoms with Crippen molar-refractivity contribution >= 4 is 27.5 Å². The third-order valence-corrected chi connectivity index (χ3v) is 3.07. The van der Waals surface area contributed by atoms with Gasteiger partial charge in [-0.15, -0.1) is 0 Å². The van der Waals surface area contributed by atoms with E-state index in [1.54, 1.807) is 0 Å². The fraction of sp³-hybridized carbons (Fsp3) is 0.500. The highest BCUT2D eigenvalue weighted by molar-refractivity contribution is 9.10. The Morgan fingerprint density at radius 1 is 1.50 bits per heavy atom. The molecule has 1 N–H and O–H groups in total. The molecule has 0 amide bonds. The number of ether oxygens (including phenoxy) is 1. The zero-order valence-electron chi connectivity index (χ0n) is 9.59. The van der Waals surface area contributed by atoms with Crippen molar-refractivity contribution in [3.63, 3.8) is 0 Å². The average Bonchev–Trinajstić information content (AvgIpc) is 2.23. The van der Waals surface area contributed by atoms with Crippen LogP contribution in [0, 0.1) is 0 Å². The van der Waals surface area contributed by atoms with Crippen molar-refractivity contribution in [2.75, 3.05) is 13.2 Å². The van der Waals surface area contributed by atoms with Gasteiger partial charge in [0.15, 0.2) is 0 Å². The van der Waals surface area contributed by atoms with Gasteiger partial charge in [0.25, 0.3) is 0 Å². The van der Waals surface area contributed by atoms with Crippen molar-refractivity contribution in [2.24, 2.45) is 0 Å². The number of halogens is 2. The second-order valence-corrected chi connectivity index (χ2v) is 4.96. The second kappa shape index (κ2) is 7.28. The van der Waals surface area contributed by atoms with E-state index in [2.05, 4.69) is 28.2 Å². The minimum absolute atomic E-state index is 0.232. The van der Waals surface area contributed by atoms with Crippen LogP contribution >= 0.6 is 27.5 Å². The van der Waals surface area contributed by atoms with Crippen LogP contribution in [0.15, 0.2) is 22.7 Å². The second-order valence-electron chi connectivity index (χ2n) is 3.63. The summed E-state index contributed by atoms with van der Waals surface area (Å²) in [5.41, 5.74) is 1.10. The molecule has 1 atom stereocenters. The fourth-order valence-electron chi connectivity index (χ4n) is 1.43. The SMILES string of the molecule is CCOC(C)CNCc1cc(Br)ccc1Cl. The van der Waals surface area contributed by atoms with Gasteiger partial charge in [0.2, 0.25) is 0 Å². The molecule has 0 aliphatic heterocycles. The van der Waals surface area contributed by atoms with Crippen LogP contribution in [-0.4, -0.2) is 19.3 Å². The zero-order valence-corrected chi connectivity index (χ0v) is 11.9. The van der Waals surface area contributed by atoms with E-state index >= 15 is 0 Å². The predicted molar refractivity (Wildman–Crippen MR) is 71.9 cm³/mol. The molecule has 90 valence electrons. The molecule has 16 heavy (non-hydrogen) atoms. The summed E-state index contributed by atoms with van der Waals surface area (Å²) < 4.78 is 6.48. The van der Waals surface area contributed by atoms with E-state index in [-0.39, 0.29) is 6.10 Å². The Morgan fingerprint density at radius 2 is 2.25 bits per heavy atom. The van der Waals surface area contributed by atoms with Crippen molar-refractivity contribution in [3.05, 3.63) is 33.3 Å². The van der Waals surface area contributed by atoms with Crippen LogP contribution in [-0.2, 0) is 11.3 Å². The van der Waals surface area contributed by atoms with Gasteiger partial charge in [-0.3, -0.25) is 0 Å². The van der Waals surface area contributed by atoms with Gasteiger partial charge in [-0.05, 0) is 37.6 Å². The maximum atomic E-state index is 6.08. The monoisotopic (exact) mass is 305 g/mol. The maximum absolute atomic E-state index is 6.08. The van der Waals surface area contributed by atoms with Crippen LogP contribution in [0.4, 0.5) is 0 Å². The number of hydrogen-bond donors (Lipinski definition) is 1. The van der Waals surface area contributed by atoms with Crippen molar-refractivity contribution in [2.45, 2.75) is 26.5 Å². The highest BCUT2D eigenvalue weighted by Gasteiger charge is 2.03. The zero-order chi connectivity index (χ0) is 12.0. The van der Waals surface area contributed by atoms with Crippen molar-refractivity contribution < 1.29 is 4.74 Å². The van der Waals surface area contributed by atoms with Crippen molar-refractivity contribution in [1.82, 2.24) is 5.32 Å². The van der Waals surface area contributed by atoms with E-state index in [1.807, 2.05) is 25.1 Å². The predicted octanol–water partition coefficient (Wildman–Crippen LogP) is 3.62. The van der Waals surface area contributed by atoms with Crippen LogP contribution in [0.5, 0.6) is 0 Å². The first-order chi connectivity index (χ1) is 7.63. The Balaban J connectivity index is 2.39. The van der Waals surface area contributed by atoms with Gasteiger partial charge in [-0.25, -0.2) is 0 Å². The lowest BCUT2D eigenvalue weighted by molar-refractivity contribution is 0.0759. The molecular formula is C12H17BrClNO. The molecule has 1 aromatic rings. The van der Waals surface area contributed by atoms with Crippen LogP contribution in [0.3, 0.4) is 0 Å². The van der Waals surface area contributed by atoms with E-state index in [9.17, 15) is 0 Å². The minimum Gasteiger partial charge on any atom is -0.377 e. The average molecular weight is 307 g/mol. The van der Waals surface area contributed by atoms with E-state index in [4.69, 9.17) is 16.3 Å². The summed E-state index contributed by atoms with van der Waals surface area (Å²) in [6, 6.07) is 5.87. The van der Waals surface area contributed by atoms with Crippen LogP contribution in [0.1, 0.15) is 19.4 Å². The molecule has 0 radical (unpaired) electrons. The molecule has 1 unspecified atom stereocenters. The minimum atomic E-state index is 0.232. The molecule has 0 saturated carbocycles. The fourth-order valence-corrected chi connectivity index (χ4v) is 2.03. The molecular weight excluding hydrogens is 289 g/mol. The molecule has 0 spiro atoms. The largest absolute Gasteiger partial charge is 0.377 e. The number of hydrogen-bond acceptors (Lipinski definition) is 2. The molecule has 0 aliphatic carbocycles. The highest BCUT2D eigenvalue weighted by atomic mass is 79.9. The normalized spacial score (nSPS) is 12.8. The standard InChI is InChI=1S/C12H17BrClNO/c1-3-16-9(2)7-15-8-10-6-11(13)4-5-12(10)14/h4-6,9,15H,3,7-8H2,1-2H3. The molecule has 0 fully saturated rings. The van der Waals surface area contributed by atoms with E-state index in [0.717, 1.165) is 34.8 Å². The van der Waals surface area contributed by atoms with E-state index in [1.165, 1.54) is 0 Å². The lowest BCUT2D eigenvalue weighted by Gasteiger charge is -2.13. The van der Waals surface area contributed by atoms with Gasteiger partial charge in [-0.1, -0.05) is 27.5 Å². The molecule has 0 heterocycles. The molecule has 2 nitrogen and oxygen atoms in total. The van der Waals surface area contributed by atoms with Gasteiger partial charge in [0.1, 0.15) is 0 Å². The van der Waals surface area contributed by atoms with E-state index in [0.29, 0.717) is 0 Å². The Kier molecular flexibility index (Phi) is 6.36. The summed E-state index contributed by atoms with van der Waals surface area (Å²) in [7, 11) is 0. The van der Waals surface area contributed by atoms with Gasteiger partial charge in [-0.2, -0.15) is 0 Å². The molecule has 4 heteroatoms. The quantitative estimate of drug-likeness (QED) is 0.867.